The maximum absolute atomic E-state index is 6.50. The molecule has 6 heteroatoms. The molecule has 1 aliphatic rings. The van der Waals surface area contributed by atoms with Crippen molar-refractivity contribution in [1.82, 2.24) is 19.6 Å². The molecular formula is C22H22ClN5. The molecule has 0 aliphatic carbocycles. The highest BCUT2D eigenvalue weighted by molar-refractivity contribution is 6.33. The van der Waals surface area contributed by atoms with E-state index >= 15 is 0 Å². The van der Waals surface area contributed by atoms with Crippen molar-refractivity contribution in [1.29, 1.82) is 0 Å². The molecule has 0 atom stereocenters. The second-order valence-corrected chi connectivity index (χ2v) is 8.17. The lowest BCUT2D eigenvalue weighted by Gasteiger charge is -2.31. The van der Waals surface area contributed by atoms with Crippen LogP contribution in [0.2, 0.25) is 5.02 Å². The van der Waals surface area contributed by atoms with Crippen LogP contribution in [0.15, 0.2) is 42.5 Å². The van der Waals surface area contributed by atoms with Gasteiger partial charge in [-0.25, -0.2) is 9.38 Å². The highest BCUT2D eigenvalue weighted by atomic mass is 35.5. The van der Waals surface area contributed by atoms with Gasteiger partial charge in [0.25, 0.3) is 0 Å². The summed E-state index contributed by atoms with van der Waals surface area (Å²) >= 11 is 6.50. The Hall–Kier alpha value is -2.66. The molecule has 2 aromatic heterocycles. The zero-order chi connectivity index (χ0) is 19.3. The van der Waals surface area contributed by atoms with Crippen molar-refractivity contribution < 1.29 is 0 Å². The molecule has 0 N–H and O–H groups in total. The summed E-state index contributed by atoms with van der Waals surface area (Å²) in [6.07, 6.45) is 2.33. The smallest absolute Gasteiger partial charge is 0.213 e. The average molecular weight is 392 g/mol. The van der Waals surface area contributed by atoms with E-state index in [1.807, 2.05) is 24.3 Å². The Bertz CT molecular complexity index is 1170. The summed E-state index contributed by atoms with van der Waals surface area (Å²) in [4.78, 5) is 7.40. The number of benzene rings is 2. The summed E-state index contributed by atoms with van der Waals surface area (Å²) in [5.74, 6) is 2.39. The third kappa shape index (κ3) is 2.81. The minimum atomic E-state index is 0.666. The zero-order valence-electron chi connectivity index (χ0n) is 16.1. The van der Waals surface area contributed by atoms with Gasteiger partial charge >= 0.3 is 0 Å². The van der Waals surface area contributed by atoms with E-state index in [4.69, 9.17) is 16.6 Å². The van der Waals surface area contributed by atoms with Crippen LogP contribution >= 0.6 is 11.6 Å². The molecule has 5 nitrogen and oxygen atoms in total. The van der Waals surface area contributed by atoms with Crippen molar-refractivity contribution >= 4 is 34.1 Å². The molecule has 1 saturated heterocycles. The normalized spacial score (nSPS) is 15.6. The Labute approximate surface area is 169 Å². The van der Waals surface area contributed by atoms with Gasteiger partial charge in [0.1, 0.15) is 0 Å². The van der Waals surface area contributed by atoms with Crippen molar-refractivity contribution in [3.63, 3.8) is 0 Å². The first kappa shape index (κ1) is 17.4. The molecule has 1 fully saturated rings. The van der Waals surface area contributed by atoms with Crippen LogP contribution in [0.1, 0.15) is 25.3 Å². The maximum atomic E-state index is 6.50. The van der Waals surface area contributed by atoms with Gasteiger partial charge < -0.3 is 4.90 Å². The van der Waals surface area contributed by atoms with Crippen LogP contribution in [0.5, 0.6) is 0 Å². The lowest BCUT2D eigenvalue weighted by Crippen LogP contribution is -2.34. The molecule has 2 aromatic carbocycles. The molecule has 0 radical (unpaired) electrons. The highest BCUT2D eigenvalue weighted by Gasteiger charge is 2.24. The molecule has 28 heavy (non-hydrogen) atoms. The number of hydrogen-bond acceptors (Lipinski definition) is 4. The topological polar surface area (TPSA) is 46.3 Å². The van der Waals surface area contributed by atoms with Gasteiger partial charge in [0.2, 0.25) is 5.95 Å². The molecule has 0 saturated carbocycles. The minimum Gasteiger partial charge on any atom is -0.342 e. The Morgan fingerprint density at radius 2 is 1.82 bits per heavy atom. The fraction of sp³-hybridized carbons (Fsp3) is 0.318. The van der Waals surface area contributed by atoms with E-state index in [2.05, 4.69) is 51.5 Å². The number of piperidine rings is 1. The van der Waals surface area contributed by atoms with E-state index in [1.165, 1.54) is 18.4 Å². The molecule has 0 amide bonds. The highest BCUT2D eigenvalue weighted by Crippen LogP contribution is 2.33. The fourth-order valence-electron chi connectivity index (χ4n) is 3.97. The van der Waals surface area contributed by atoms with Crippen LogP contribution in [-0.2, 0) is 0 Å². The quantitative estimate of drug-likeness (QED) is 0.474. The fourth-order valence-corrected chi connectivity index (χ4v) is 4.19. The molecule has 1 aliphatic heterocycles. The van der Waals surface area contributed by atoms with Gasteiger partial charge in [0.15, 0.2) is 11.5 Å². The minimum absolute atomic E-state index is 0.666. The molecule has 5 rings (SSSR count). The predicted octanol–water partition coefficient (Wildman–Crippen LogP) is 5.14. The van der Waals surface area contributed by atoms with Crippen LogP contribution in [0.4, 0.5) is 5.95 Å². The van der Waals surface area contributed by atoms with Gasteiger partial charge in [0.05, 0.1) is 10.5 Å². The number of aromatic nitrogens is 4. The van der Waals surface area contributed by atoms with Crippen LogP contribution in [0, 0.1) is 12.8 Å². The van der Waals surface area contributed by atoms with Gasteiger partial charge in [0, 0.05) is 24.0 Å². The van der Waals surface area contributed by atoms with Crippen molar-refractivity contribution in [2.24, 2.45) is 5.92 Å². The number of hydrogen-bond donors (Lipinski definition) is 0. The zero-order valence-corrected chi connectivity index (χ0v) is 16.8. The van der Waals surface area contributed by atoms with Crippen LogP contribution in [0.25, 0.3) is 27.9 Å². The maximum Gasteiger partial charge on any atom is 0.213 e. The number of rotatable bonds is 2. The van der Waals surface area contributed by atoms with E-state index in [9.17, 15) is 0 Å². The summed E-state index contributed by atoms with van der Waals surface area (Å²) in [6.45, 7) is 6.38. The van der Waals surface area contributed by atoms with E-state index in [-0.39, 0.29) is 0 Å². The third-order valence-electron chi connectivity index (χ3n) is 5.66. The molecule has 4 aromatic rings. The van der Waals surface area contributed by atoms with E-state index in [0.29, 0.717) is 5.02 Å². The average Bonchev–Trinajstić information content (AvgIpc) is 3.14. The van der Waals surface area contributed by atoms with Crippen molar-refractivity contribution in [2.75, 3.05) is 18.0 Å². The Morgan fingerprint density at radius 3 is 2.61 bits per heavy atom. The SMILES string of the molecule is Cc1ccc2nc(N3CCC(C)CC3)n3c(-c4ccccc4Cl)nnc3c2c1. The number of nitrogens with zero attached hydrogens (tertiary/aromatic N) is 5. The van der Waals surface area contributed by atoms with Gasteiger partial charge in [-0.1, -0.05) is 42.3 Å². The molecule has 0 unspecified atom stereocenters. The Kier molecular flexibility index (Phi) is 4.20. The lowest BCUT2D eigenvalue weighted by atomic mass is 9.99. The number of fused-ring (bicyclic) bond motifs is 3. The summed E-state index contributed by atoms with van der Waals surface area (Å²) in [5, 5.41) is 10.8. The number of aryl methyl sites for hydroxylation is 1. The second kappa shape index (κ2) is 6.74. The summed E-state index contributed by atoms with van der Waals surface area (Å²) in [5.41, 5.74) is 3.83. The third-order valence-corrected chi connectivity index (χ3v) is 5.99. The Balaban J connectivity index is 1.81. The van der Waals surface area contributed by atoms with Gasteiger partial charge in [-0.05, 0) is 49.9 Å². The van der Waals surface area contributed by atoms with Crippen LogP contribution in [0.3, 0.4) is 0 Å². The monoisotopic (exact) mass is 391 g/mol. The number of halogens is 1. The first-order valence-corrected chi connectivity index (χ1v) is 10.1. The van der Waals surface area contributed by atoms with Crippen molar-refractivity contribution in [2.45, 2.75) is 26.7 Å². The van der Waals surface area contributed by atoms with Gasteiger partial charge in [-0.2, -0.15) is 0 Å². The first-order valence-electron chi connectivity index (χ1n) is 9.77. The lowest BCUT2D eigenvalue weighted by molar-refractivity contribution is 0.434. The van der Waals surface area contributed by atoms with E-state index in [0.717, 1.165) is 52.9 Å². The summed E-state index contributed by atoms with van der Waals surface area (Å²) in [6, 6.07) is 14.1. The predicted molar refractivity (Wildman–Crippen MR) is 114 cm³/mol. The summed E-state index contributed by atoms with van der Waals surface area (Å²) in [7, 11) is 0. The molecule has 142 valence electrons. The van der Waals surface area contributed by atoms with E-state index < -0.39 is 0 Å². The molecule has 0 spiro atoms. The largest absolute Gasteiger partial charge is 0.342 e. The van der Waals surface area contributed by atoms with Crippen molar-refractivity contribution in [3.8, 4) is 11.4 Å². The summed E-state index contributed by atoms with van der Waals surface area (Å²) < 4.78 is 2.08. The van der Waals surface area contributed by atoms with Crippen molar-refractivity contribution in [3.05, 3.63) is 53.1 Å². The first-order chi connectivity index (χ1) is 13.6. The van der Waals surface area contributed by atoms with Gasteiger partial charge in [-0.15, -0.1) is 10.2 Å². The van der Waals surface area contributed by atoms with Crippen LogP contribution < -0.4 is 4.90 Å². The Morgan fingerprint density at radius 1 is 1.04 bits per heavy atom. The van der Waals surface area contributed by atoms with Gasteiger partial charge in [-0.3, -0.25) is 0 Å². The van der Waals surface area contributed by atoms with E-state index in [1.54, 1.807) is 0 Å². The number of anilines is 1. The molecular weight excluding hydrogens is 370 g/mol. The standard InChI is InChI=1S/C22H22ClN5/c1-14-9-11-27(12-10-14)22-24-19-8-7-15(2)13-17(19)21-26-25-20(28(21)22)16-5-3-4-6-18(16)23/h3-8,13-14H,9-12H2,1-2H3. The molecule has 0 bridgehead atoms. The molecule has 3 heterocycles. The second-order valence-electron chi connectivity index (χ2n) is 7.76. The van der Waals surface area contributed by atoms with Crippen LogP contribution in [-0.4, -0.2) is 32.7 Å².